The number of carbonyl (C=O) groups excluding carboxylic acids is 2. The van der Waals surface area contributed by atoms with Crippen LogP contribution in [0.4, 0.5) is 5.69 Å². The number of fused-ring (bicyclic) bond motifs is 4. The number of amides is 2. The van der Waals surface area contributed by atoms with Crippen LogP contribution in [-0.2, 0) is 4.79 Å². The second-order valence-corrected chi connectivity index (χ2v) is 7.20. The Balaban J connectivity index is 1.76. The van der Waals surface area contributed by atoms with Crippen LogP contribution < -0.4 is 4.90 Å². The van der Waals surface area contributed by atoms with Gasteiger partial charge >= 0.3 is 0 Å². The van der Waals surface area contributed by atoms with Crippen molar-refractivity contribution < 1.29 is 9.59 Å². The number of anilines is 1. The van der Waals surface area contributed by atoms with E-state index in [4.69, 9.17) is 0 Å². The van der Waals surface area contributed by atoms with Gasteiger partial charge in [0, 0.05) is 56.9 Å². The third kappa shape index (κ3) is 3.65. The van der Waals surface area contributed by atoms with Crippen LogP contribution in [0.2, 0.25) is 0 Å². The average Bonchev–Trinajstić information content (AvgIpc) is 2.95. The molecule has 3 aliphatic rings. The number of carbonyl (C=O) groups is 2. The van der Waals surface area contributed by atoms with Crippen molar-refractivity contribution in [3.8, 4) is 0 Å². The Labute approximate surface area is 150 Å². The summed E-state index contributed by atoms with van der Waals surface area (Å²) in [6.07, 6.45) is 2.11. The van der Waals surface area contributed by atoms with Crippen molar-refractivity contribution in [2.75, 3.05) is 37.6 Å². The number of nitrogens with zero attached hydrogens (tertiary/aromatic N) is 3. The Hall–Kier alpha value is -2.04. The molecule has 5 heteroatoms. The lowest BCUT2D eigenvalue weighted by atomic mass is 9.94. The van der Waals surface area contributed by atoms with Gasteiger partial charge in [-0.05, 0) is 56.9 Å². The van der Waals surface area contributed by atoms with E-state index >= 15 is 0 Å². The molecule has 0 aromatic heterocycles. The molecule has 1 aromatic carbocycles. The molecule has 0 aliphatic carbocycles. The van der Waals surface area contributed by atoms with Crippen LogP contribution in [0.25, 0.3) is 0 Å². The quantitative estimate of drug-likeness (QED) is 0.844. The minimum Gasteiger partial charge on any atom is -0.372 e. The summed E-state index contributed by atoms with van der Waals surface area (Å²) in [7, 11) is 0. The van der Waals surface area contributed by atoms with Crippen molar-refractivity contribution in [3.63, 3.8) is 0 Å². The summed E-state index contributed by atoms with van der Waals surface area (Å²) in [6, 6.07) is 8.11. The fraction of sp³-hybridized carbons (Fsp3) is 0.600. The predicted octanol–water partition coefficient (Wildman–Crippen LogP) is 2.62. The minimum absolute atomic E-state index is 0.103. The van der Waals surface area contributed by atoms with Gasteiger partial charge in [0.2, 0.25) is 5.91 Å². The summed E-state index contributed by atoms with van der Waals surface area (Å²) in [5, 5.41) is 0. The van der Waals surface area contributed by atoms with Gasteiger partial charge in [0.15, 0.2) is 0 Å². The van der Waals surface area contributed by atoms with E-state index in [-0.39, 0.29) is 17.9 Å². The second-order valence-electron chi connectivity index (χ2n) is 7.20. The molecule has 2 atom stereocenters. The van der Waals surface area contributed by atoms with E-state index in [0.717, 1.165) is 50.3 Å². The van der Waals surface area contributed by atoms with Gasteiger partial charge in [0.25, 0.3) is 5.91 Å². The van der Waals surface area contributed by atoms with Crippen LogP contribution in [0.1, 0.15) is 44.0 Å². The molecular weight excluding hydrogens is 314 g/mol. The summed E-state index contributed by atoms with van der Waals surface area (Å²) in [5.41, 5.74) is 1.90. The molecule has 2 bridgehead atoms. The molecular formula is C20H29N3O2. The van der Waals surface area contributed by atoms with Crippen LogP contribution in [0.3, 0.4) is 0 Å². The monoisotopic (exact) mass is 343 g/mol. The van der Waals surface area contributed by atoms with Crippen LogP contribution in [0, 0.1) is 5.92 Å². The first kappa shape index (κ1) is 17.8. The number of hydrogen-bond donors (Lipinski definition) is 0. The molecule has 0 unspecified atom stereocenters. The van der Waals surface area contributed by atoms with Crippen molar-refractivity contribution in [2.24, 2.45) is 5.92 Å². The molecule has 0 N–H and O–H groups in total. The Morgan fingerprint density at radius 3 is 2.32 bits per heavy atom. The lowest BCUT2D eigenvalue weighted by Gasteiger charge is -2.36. The van der Waals surface area contributed by atoms with Gasteiger partial charge in [-0.3, -0.25) is 9.59 Å². The Kier molecular flexibility index (Phi) is 5.30. The van der Waals surface area contributed by atoms with Crippen LogP contribution >= 0.6 is 0 Å². The summed E-state index contributed by atoms with van der Waals surface area (Å²) in [4.78, 5) is 31.0. The zero-order valence-corrected chi connectivity index (χ0v) is 15.6. The van der Waals surface area contributed by atoms with E-state index in [0.29, 0.717) is 12.5 Å². The van der Waals surface area contributed by atoms with Crippen molar-refractivity contribution in [1.82, 2.24) is 9.80 Å². The van der Waals surface area contributed by atoms with E-state index in [1.165, 1.54) is 0 Å². The Bertz CT molecular complexity index is 624. The fourth-order valence-electron chi connectivity index (χ4n) is 4.16. The van der Waals surface area contributed by atoms with Gasteiger partial charge < -0.3 is 14.7 Å². The molecule has 3 heterocycles. The number of hydrogen-bond acceptors (Lipinski definition) is 3. The molecule has 3 fully saturated rings. The molecule has 2 amide bonds. The van der Waals surface area contributed by atoms with Crippen LogP contribution in [-0.4, -0.2) is 60.4 Å². The smallest absolute Gasteiger partial charge is 0.254 e. The third-order valence-electron chi connectivity index (χ3n) is 5.66. The average molecular weight is 343 g/mol. The van der Waals surface area contributed by atoms with E-state index < -0.39 is 0 Å². The van der Waals surface area contributed by atoms with Crippen molar-refractivity contribution in [2.45, 2.75) is 39.7 Å². The van der Waals surface area contributed by atoms with Gasteiger partial charge in [0.05, 0.1) is 0 Å². The largest absolute Gasteiger partial charge is 0.372 e. The second kappa shape index (κ2) is 7.46. The number of piperidine rings is 1. The minimum atomic E-state index is 0.103. The van der Waals surface area contributed by atoms with E-state index in [2.05, 4.69) is 18.7 Å². The Morgan fingerprint density at radius 1 is 1.04 bits per heavy atom. The van der Waals surface area contributed by atoms with Crippen molar-refractivity contribution in [3.05, 3.63) is 29.8 Å². The molecule has 0 spiro atoms. The number of rotatable bonds is 4. The lowest BCUT2D eigenvalue weighted by Crippen LogP contribution is -2.47. The lowest BCUT2D eigenvalue weighted by molar-refractivity contribution is -0.129. The van der Waals surface area contributed by atoms with Gasteiger partial charge in [0.1, 0.15) is 0 Å². The van der Waals surface area contributed by atoms with Crippen molar-refractivity contribution in [1.29, 1.82) is 0 Å². The Morgan fingerprint density at radius 2 is 1.72 bits per heavy atom. The van der Waals surface area contributed by atoms with E-state index in [9.17, 15) is 9.59 Å². The van der Waals surface area contributed by atoms with Crippen molar-refractivity contribution >= 4 is 17.5 Å². The van der Waals surface area contributed by atoms with Gasteiger partial charge in [-0.25, -0.2) is 0 Å². The molecule has 5 nitrogen and oxygen atoms in total. The topological polar surface area (TPSA) is 43.9 Å². The first-order valence-corrected chi connectivity index (χ1v) is 9.45. The number of benzene rings is 1. The highest BCUT2D eigenvalue weighted by Crippen LogP contribution is 2.29. The maximum Gasteiger partial charge on any atom is 0.254 e. The molecule has 3 saturated heterocycles. The summed E-state index contributed by atoms with van der Waals surface area (Å²) in [5.74, 6) is 0.627. The summed E-state index contributed by atoms with van der Waals surface area (Å²) < 4.78 is 0. The van der Waals surface area contributed by atoms with E-state index in [1.54, 1.807) is 6.92 Å². The van der Waals surface area contributed by atoms with E-state index in [1.807, 2.05) is 34.1 Å². The highest BCUT2D eigenvalue weighted by atomic mass is 16.2. The molecule has 25 heavy (non-hydrogen) atoms. The van der Waals surface area contributed by atoms with Gasteiger partial charge in [-0.15, -0.1) is 0 Å². The molecule has 4 rings (SSSR count). The fourth-order valence-corrected chi connectivity index (χ4v) is 4.16. The predicted molar refractivity (Wildman–Crippen MR) is 99.8 cm³/mol. The molecule has 0 radical (unpaired) electrons. The maximum atomic E-state index is 13.0. The first-order valence-electron chi connectivity index (χ1n) is 9.45. The van der Waals surface area contributed by atoms with Gasteiger partial charge in [-0.2, -0.15) is 0 Å². The zero-order valence-electron chi connectivity index (χ0n) is 15.6. The normalized spacial score (nSPS) is 22.7. The standard InChI is InChI=1S/C20H29N3O2/c1-4-21(5-2)18-10-7-17(8-11-18)20(25)23-13-16-6-9-19(23)14-22(12-16)15(3)24/h7-8,10-11,16,19H,4-6,9,12-14H2,1-3H3/t16-,19+/m0/s1. The summed E-state index contributed by atoms with van der Waals surface area (Å²) >= 11 is 0. The SMILES string of the molecule is CCN(CC)c1ccc(C(=O)N2C[C@H]3CC[C@@H]2CN(C(C)=O)C3)cc1. The molecule has 136 valence electrons. The summed E-state index contributed by atoms with van der Waals surface area (Å²) in [6.45, 7) is 10.1. The first-order chi connectivity index (χ1) is 12.0. The molecule has 3 aliphatic heterocycles. The molecule has 0 saturated carbocycles. The zero-order chi connectivity index (χ0) is 18.0. The van der Waals surface area contributed by atoms with Crippen LogP contribution in [0.5, 0.6) is 0 Å². The third-order valence-corrected chi connectivity index (χ3v) is 5.66. The highest BCUT2D eigenvalue weighted by molar-refractivity contribution is 5.95. The van der Waals surface area contributed by atoms with Crippen LogP contribution in [0.15, 0.2) is 24.3 Å². The van der Waals surface area contributed by atoms with Gasteiger partial charge in [-0.1, -0.05) is 0 Å². The highest BCUT2D eigenvalue weighted by Gasteiger charge is 2.38. The molecule has 1 aromatic rings. The maximum absolute atomic E-state index is 13.0.